The number of benzene rings is 1. The van der Waals surface area contributed by atoms with Crippen molar-refractivity contribution >= 4 is 5.97 Å². The molecule has 1 aliphatic rings. The van der Waals surface area contributed by atoms with E-state index in [9.17, 15) is 4.79 Å². The molecule has 1 heterocycles. The van der Waals surface area contributed by atoms with Gasteiger partial charge in [-0.1, -0.05) is 26.0 Å². The lowest BCUT2D eigenvalue weighted by Gasteiger charge is -2.37. The molecule has 1 saturated heterocycles. The van der Waals surface area contributed by atoms with Crippen molar-refractivity contribution in [3.05, 3.63) is 35.4 Å². The second kappa shape index (κ2) is 7.57. The molecule has 1 aromatic carbocycles. The van der Waals surface area contributed by atoms with Crippen LogP contribution in [0.2, 0.25) is 0 Å². The average molecular weight is 290 g/mol. The van der Waals surface area contributed by atoms with Crippen LogP contribution in [0.15, 0.2) is 24.3 Å². The zero-order valence-electron chi connectivity index (χ0n) is 13.3. The highest BCUT2D eigenvalue weighted by atomic mass is 16.5. The smallest absolute Gasteiger partial charge is 0.337 e. The van der Waals surface area contributed by atoms with E-state index in [2.05, 4.69) is 30.1 Å². The fourth-order valence-corrected chi connectivity index (χ4v) is 2.94. The predicted octanol–water partition coefficient (Wildman–Crippen LogP) is 2.29. The molecule has 4 nitrogen and oxygen atoms in total. The number of hydrogen-bond donors (Lipinski definition) is 1. The van der Waals surface area contributed by atoms with Crippen LogP contribution in [-0.4, -0.2) is 43.7 Å². The molecule has 4 heteroatoms. The van der Waals surface area contributed by atoms with Crippen molar-refractivity contribution in [3.63, 3.8) is 0 Å². The summed E-state index contributed by atoms with van der Waals surface area (Å²) < 4.78 is 4.79. The molecule has 0 spiro atoms. The van der Waals surface area contributed by atoms with Gasteiger partial charge >= 0.3 is 5.97 Å². The van der Waals surface area contributed by atoms with Gasteiger partial charge in [0.15, 0.2) is 0 Å². The Hall–Kier alpha value is -1.39. The number of methoxy groups -OCH3 is 1. The fraction of sp³-hybridized carbons (Fsp3) is 0.588. The van der Waals surface area contributed by atoms with Gasteiger partial charge in [-0.05, 0) is 30.0 Å². The maximum atomic E-state index is 11.6. The molecule has 1 N–H and O–H groups in total. The molecule has 1 unspecified atom stereocenters. The third-order valence-electron chi connectivity index (χ3n) is 3.95. The van der Waals surface area contributed by atoms with Crippen LogP contribution in [0.4, 0.5) is 0 Å². The fourth-order valence-electron chi connectivity index (χ4n) is 2.94. The molecular weight excluding hydrogens is 264 g/mol. The summed E-state index contributed by atoms with van der Waals surface area (Å²) in [5.74, 6) is 0.426. The summed E-state index contributed by atoms with van der Waals surface area (Å²) >= 11 is 0. The van der Waals surface area contributed by atoms with E-state index in [1.807, 2.05) is 12.1 Å². The van der Waals surface area contributed by atoms with Gasteiger partial charge in [-0.15, -0.1) is 0 Å². The Morgan fingerprint density at radius 3 is 3.00 bits per heavy atom. The molecule has 0 aromatic heterocycles. The first kappa shape index (κ1) is 16.0. The van der Waals surface area contributed by atoms with Crippen molar-refractivity contribution < 1.29 is 9.53 Å². The minimum absolute atomic E-state index is 0.268. The lowest BCUT2D eigenvalue weighted by atomic mass is 10.00. The normalized spacial score (nSPS) is 19.7. The van der Waals surface area contributed by atoms with E-state index in [0.29, 0.717) is 17.5 Å². The van der Waals surface area contributed by atoms with E-state index in [1.54, 1.807) is 6.07 Å². The molecule has 116 valence electrons. The highest BCUT2D eigenvalue weighted by Crippen LogP contribution is 2.17. The van der Waals surface area contributed by atoms with E-state index >= 15 is 0 Å². The number of rotatable bonds is 5. The first-order valence-electron chi connectivity index (χ1n) is 7.72. The summed E-state index contributed by atoms with van der Waals surface area (Å²) in [6.45, 7) is 8.57. The molecule has 1 aliphatic heterocycles. The predicted molar refractivity (Wildman–Crippen MR) is 84.3 cm³/mol. The van der Waals surface area contributed by atoms with Crippen molar-refractivity contribution in [2.75, 3.05) is 26.7 Å². The quantitative estimate of drug-likeness (QED) is 0.845. The van der Waals surface area contributed by atoms with Crippen LogP contribution in [0.3, 0.4) is 0 Å². The second-order valence-corrected chi connectivity index (χ2v) is 6.15. The zero-order valence-corrected chi connectivity index (χ0v) is 13.3. The van der Waals surface area contributed by atoms with E-state index in [1.165, 1.54) is 19.1 Å². The zero-order chi connectivity index (χ0) is 15.2. The number of carbonyl (C=O) groups is 1. The average Bonchev–Trinajstić information content (AvgIpc) is 2.48. The lowest BCUT2D eigenvalue weighted by molar-refractivity contribution is 0.0600. The van der Waals surface area contributed by atoms with Crippen LogP contribution in [0, 0.1) is 5.92 Å². The van der Waals surface area contributed by atoms with Crippen LogP contribution in [0.25, 0.3) is 0 Å². The molecule has 0 saturated carbocycles. The van der Waals surface area contributed by atoms with Crippen molar-refractivity contribution in [1.82, 2.24) is 10.2 Å². The third-order valence-corrected chi connectivity index (χ3v) is 3.95. The number of esters is 1. The van der Waals surface area contributed by atoms with E-state index in [4.69, 9.17) is 4.74 Å². The highest BCUT2D eigenvalue weighted by Gasteiger charge is 2.23. The maximum Gasteiger partial charge on any atom is 0.337 e. The van der Waals surface area contributed by atoms with Crippen LogP contribution in [0.1, 0.15) is 36.2 Å². The summed E-state index contributed by atoms with van der Waals surface area (Å²) in [5, 5.41) is 3.48. The van der Waals surface area contributed by atoms with Gasteiger partial charge in [0.05, 0.1) is 12.7 Å². The van der Waals surface area contributed by atoms with Crippen molar-refractivity contribution in [1.29, 1.82) is 0 Å². The molecule has 0 radical (unpaired) electrons. The van der Waals surface area contributed by atoms with E-state index < -0.39 is 0 Å². The molecule has 1 aromatic rings. The summed E-state index contributed by atoms with van der Waals surface area (Å²) in [5.41, 5.74) is 1.80. The SMILES string of the molecule is COC(=O)c1cccc(CN2CCNCC2CC(C)C)c1. The molecule has 1 atom stereocenters. The third kappa shape index (κ3) is 4.55. The van der Waals surface area contributed by atoms with Gasteiger partial charge in [0.2, 0.25) is 0 Å². The Labute approximate surface area is 127 Å². The van der Waals surface area contributed by atoms with Crippen molar-refractivity contribution in [2.45, 2.75) is 32.9 Å². The number of nitrogens with one attached hydrogen (secondary N) is 1. The number of ether oxygens (including phenoxy) is 1. The Kier molecular flexibility index (Phi) is 5.76. The number of carbonyl (C=O) groups excluding carboxylic acids is 1. The van der Waals surface area contributed by atoms with Crippen LogP contribution < -0.4 is 5.32 Å². The summed E-state index contributed by atoms with van der Waals surface area (Å²) in [6, 6.07) is 8.33. The molecular formula is C17H26N2O2. The van der Waals surface area contributed by atoms with E-state index in [-0.39, 0.29) is 5.97 Å². The second-order valence-electron chi connectivity index (χ2n) is 6.15. The number of piperazine rings is 1. The maximum absolute atomic E-state index is 11.6. The summed E-state index contributed by atoms with van der Waals surface area (Å²) in [6.07, 6.45) is 1.20. The monoisotopic (exact) mass is 290 g/mol. The summed E-state index contributed by atoms with van der Waals surface area (Å²) in [7, 11) is 1.42. The molecule has 0 bridgehead atoms. The van der Waals surface area contributed by atoms with Gasteiger partial charge in [-0.2, -0.15) is 0 Å². The molecule has 21 heavy (non-hydrogen) atoms. The Morgan fingerprint density at radius 1 is 1.48 bits per heavy atom. The molecule has 2 rings (SSSR count). The summed E-state index contributed by atoms with van der Waals surface area (Å²) in [4.78, 5) is 14.1. The Balaban J connectivity index is 2.06. The molecule has 0 aliphatic carbocycles. The molecule has 0 amide bonds. The van der Waals surface area contributed by atoms with Crippen LogP contribution >= 0.6 is 0 Å². The van der Waals surface area contributed by atoms with Crippen LogP contribution in [0.5, 0.6) is 0 Å². The minimum Gasteiger partial charge on any atom is -0.465 e. The highest BCUT2D eigenvalue weighted by molar-refractivity contribution is 5.89. The van der Waals surface area contributed by atoms with Gasteiger partial charge in [0.1, 0.15) is 0 Å². The standard InChI is InChI=1S/C17H26N2O2/c1-13(2)9-16-11-18-7-8-19(16)12-14-5-4-6-15(10-14)17(20)21-3/h4-6,10,13,16,18H,7-9,11-12H2,1-3H3. The lowest BCUT2D eigenvalue weighted by Crippen LogP contribution is -2.51. The molecule has 1 fully saturated rings. The first-order chi connectivity index (χ1) is 10.1. The van der Waals surface area contributed by atoms with Gasteiger partial charge in [0, 0.05) is 32.2 Å². The number of nitrogens with zero attached hydrogens (tertiary/aromatic N) is 1. The van der Waals surface area contributed by atoms with Crippen molar-refractivity contribution in [2.24, 2.45) is 5.92 Å². The largest absolute Gasteiger partial charge is 0.465 e. The topological polar surface area (TPSA) is 41.6 Å². The first-order valence-corrected chi connectivity index (χ1v) is 7.72. The number of hydrogen-bond acceptors (Lipinski definition) is 4. The van der Waals surface area contributed by atoms with Gasteiger partial charge in [0.25, 0.3) is 0 Å². The van der Waals surface area contributed by atoms with Gasteiger partial charge in [-0.25, -0.2) is 4.79 Å². The van der Waals surface area contributed by atoms with Crippen LogP contribution in [-0.2, 0) is 11.3 Å². The Bertz CT molecular complexity index is 474. The van der Waals surface area contributed by atoms with Crippen molar-refractivity contribution in [3.8, 4) is 0 Å². The minimum atomic E-state index is -0.268. The van der Waals surface area contributed by atoms with E-state index in [0.717, 1.165) is 26.2 Å². The van der Waals surface area contributed by atoms with Gasteiger partial charge in [-0.3, -0.25) is 4.90 Å². The Morgan fingerprint density at radius 2 is 2.29 bits per heavy atom. The van der Waals surface area contributed by atoms with Gasteiger partial charge < -0.3 is 10.1 Å².